The molecule has 174 valence electrons. The van der Waals surface area contributed by atoms with Crippen molar-refractivity contribution in [2.24, 2.45) is 7.05 Å². The van der Waals surface area contributed by atoms with Crippen LogP contribution in [0.15, 0.2) is 71.1 Å². The summed E-state index contributed by atoms with van der Waals surface area (Å²) in [4.78, 5) is 30.0. The second-order valence-corrected chi connectivity index (χ2v) is 10.1. The third kappa shape index (κ3) is 4.08. The van der Waals surface area contributed by atoms with Crippen LogP contribution in [0.25, 0.3) is 10.9 Å². The Bertz CT molecular complexity index is 1350. The molecule has 1 N–H and O–H groups in total. The smallest absolute Gasteiger partial charge is 0.247 e. The summed E-state index contributed by atoms with van der Waals surface area (Å²) >= 11 is 3.09. The zero-order chi connectivity index (χ0) is 23.7. The van der Waals surface area contributed by atoms with Crippen molar-refractivity contribution in [3.8, 4) is 5.75 Å². The average molecular weight is 492 g/mol. The molecule has 8 heteroatoms. The van der Waals surface area contributed by atoms with Gasteiger partial charge in [0.1, 0.15) is 11.8 Å². The van der Waals surface area contributed by atoms with E-state index in [0.717, 1.165) is 37.7 Å². The van der Waals surface area contributed by atoms with Gasteiger partial charge in [-0.15, -0.1) is 11.3 Å². The predicted molar refractivity (Wildman–Crippen MR) is 136 cm³/mol. The van der Waals surface area contributed by atoms with Crippen LogP contribution in [-0.4, -0.2) is 34.1 Å². The lowest BCUT2D eigenvalue weighted by Crippen LogP contribution is -2.43. The van der Waals surface area contributed by atoms with Crippen LogP contribution >= 0.6 is 23.1 Å². The third-order valence-corrected chi connectivity index (χ3v) is 8.15. The van der Waals surface area contributed by atoms with E-state index in [9.17, 15) is 9.59 Å². The number of thiophene rings is 1. The van der Waals surface area contributed by atoms with Crippen LogP contribution in [0.3, 0.4) is 0 Å². The van der Waals surface area contributed by atoms with Gasteiger partial charge in [0.15, 0.2) is 0 Å². The first-order valence-electron chi connectivity index (χ1n) is 11.0. The molecule has 2 aromatic carbocycles. The topological polar surface area (TPSA) is 63.6 Å². The maximum Gasteiger partial charge on any atom is 0.247 e. The number of ether oxygens (including phenoxy) is 1. The zero-order valence-electron chi connectivity index (χ0n) is 19.0. The minimum atomic E-state index is -0.736. The summed E-state index contributed by atoms with van der Waals surface area (Å²) in [5, 5.41) is 7.04. The molecule has 0 unspecified atom stereocenters. The molecule has 1 aliphatic heterocycles. The van der Waals surface area contributed by atoms with Gasteiger partial charge in [-0.1, -0.05) is 54.2 Å². The fraction of sp³-hybridized carbons (Fsp3) is 0.231. The molecule has 0 saturated carbocycles. The molecular formula is C26H25N3O3S2. The van der Waals surface area contributed by atoms with E-state index in [-0.39, 0.29) is 11.8 Å². The van der Waals surface area contributed by atoms with Crippen molar-refractivity contribution in [3.05, 3.63) is 82.0 Å². The monoisotopic (exact) mass is 491 g/mol. The molecule has 0 fully saturated rings. The lowest BCUT2D eigenvalue weighted by molar-refractivity contribution is -0.139. The van der Waals surface area contributed by atoms with Crippen LogP contribution in [-0.2, 0) is 29.7 Å². The van der Waals surface area contributed by atoms with Gasteiger partial charge in [-0.25, -0.2) is 0 Å². The summed E-state index contributed by atoms with van der Waals surface area (Å²) in [6.45, 7) is 0.708. The van der Waals surface area contributed by atoms with Crippen molar-refractivity contribution in [3.63, 3.8) is 0 Å². The van der Waals surface area contributed by atoms with Gasteiger partial charge >= 0.3 is 0 Å². The molecule has 34 heavy (non-hydrogen) atoms. The van der Waals surface area contributed by atoms with E-state index < -0.39 is 6.04 Å². The number of methoxy groups -OCH3 is 1. The molecule has 2 aromatic heterocycles. The maximum atomic E-state index is 13.9. The number of benzene rings is 2. The quantitative estimate of drug-likeness (QED) is 0.423. The molecule has 4 aromatic rings. The largest absolute Gasteiger partial charge is 0.496 e. The van der Waals surface area contributed by atoms with Gasteiger partial charge in [-0.05, 0) is 23.6 Å². The molecule has 1 aliphatic rings. The zero-order valence-corrected chi connectivity index (χ0v) is 20.6. The highest BCUT2D eigenvalue weighted by Gasteiger charge is 2.39. The molecule has 0 aliphatic carbocycles. The Labute approximate surface area is 206 Å². The Morgan fingerprint density at radius 1 is 1.12 bits per heavy atom. The minimum absolute atomic E-state index is 0.0453. The number of amides is 2. The summed E-state index contributed by atoms with van der Waals surface area (Å²) in [6, 6.07) is 18.9. The summed E-state index contributed by atoms with van der Waals surface area (Å²) in [5.74, 6) is 0.766. The average Bonchev–Trinajstić information content (AvgIpc) is 3.44. The Morgan fingerprint density at radius 2 is 1.91 bits per heavy atom. The van der Waals surface area contributed by atoms with Gasteiger partial charge in [0.25, 0.3) is 0 Å². The molecule has 1 atom stereocenters. The first kappa shape index (κ1) is 22.6. The molecule has 0 bridgehead atoms. The molecule has 2 amide bonds. The van der Waals surface area contributed by atoms with Crippen LogP contribution in [0.2, 0.25) is 0 Å². The number of fused-ring (bicyclic) bond motifs is 3. The van der Waals surface area contributed by atoms with Gasteiger partial charge < -0.3 is 19.5 Å². The number of hydrogen-bond acceptors (Lipinski definition) is 5. The number of thioether (sulfide) groups is 1. The van der Waals surface area contributed by atoms with Crippen LogP contribution in [0, 0.1) is 0 Å². The molecular weight excluding hydrogens is 466 g/mol. The van der Waals surface area contributed by atoms with Crippen LogP contribution in [0.5, 0.6) is 5.75 Å². The third-order valence-electron chi connectivity index (χ3n) is 6.13. The number of carbonyl (C=O) groups excluding carboxylic acids is 2. The van der Waals surface area contributed by atoms with Crippen molar-refractivity contribution in [1.29, 1.82) is 0 Å². The first-order valence-corrected chi connectivity index (χ1v) is 12.9. The lowest BCUT2D eigenvalue weighted by atomic mass is 10.0. The Kier molecular flexibility index (Phi) is 6.34. The molecule has 6 nitrogen and oxygen atoms in total. The normalized spacial score (nSPS) is 15.8. The number of para-hydroxylation sites is 2. The summed E-state index contributed by atoms with van der Waals surface area (Å²) < 4.78 is 7.54. The highest BCUT2D eigenvalue weighted by Crippen LogP contribution is 2.42. The van der Waals surface area contributed by atoms with E-state index >= 15 is 0 Å². The molecule has 5 rings (SSSR count). The van der Waals surface area contributed by atoms with Gasteiger partial charge in [-0.2, -0.15) is 0 Å². The predicted octanol–water partition coefficient (Wildman–Crippen LogP) is 4.74. The van der Waals surface area contributed by atoms with Crippen molar-refractivity contribution in [2.45, 2.75) is 24.2 Å². The van der Waals surface area contributed by atoms with Crippen molar-refractivity contribution < 1.29 is 14.3 Å². The molecule has 0 saturated heterocycles. The van der Waals surface area contributed by atoms with Gasteiger partial charge in [0, 0.05) is 40.5 Å². The van der Waals surface area contributed by atoms with Crippen molar-refractivity contribution >= 4 is 45.8 Å². The number of nitrogens with zero attached hydrogens (tertiary/aromatic N) is 2. The summed E-state index contributed by atoms with van der Waals surface area (Å²) in [6.07, 6.45) is 0. The number of aromatic nitrogens is 1. The van der Waals surface area contributed by atoms with Gasteiger partial charge in [0.2, 0.25) is 11.8 Å². The fourth-order valence-electron chi connectivity index (χ4n) is 4.50. The molecule has 3 heterocycles. The second-order valence-electron chi connectivity index (χ2n) is 8.12. The highest BCUT2D eigenvalue weighted by molar-refractivity contribution is 8.00. The summed E-state index contributed by atoms with van der Waals surface area (Å²) in [7, 11) is 3.62. The maximum absolute atomic E-state index is 13.9. The number of rotatable bonds is 6. The SMILES string of the molecule is COc1ccccc1CNC(=O)[C@H]1c2c(n(C)c3ccccc23)SCC(=O)N1Cc1cccs1. The first-order chi connectivity index (χ1) is 16.6. The van der Waals surface area contributed by atoms with E-state index in [1.807, 2.05) is 67.0 Å². The van der Waals surface area contributed by atoms with Crippen molar-refractivity contribution in [2.75, 3.05) is 12.9 Å². The lowest BCUT2D eigenvalue weighted by Gasteiger charge is -2.29. The minimum Gasteiger partial charge on any atom is -0.496 e. The van der Waals surface area contributed by atoms with Crippen molar-refractivity contribution in [1.82, 2.24) is 14.8 Å². The van der Waals surface area contributed by atoms with Gasteiger partial charge in [0.05, 0.1) is 24.4 Å². The highest BCUT2D eigenvalue weighted by atomic mass is 32.2. The summed E-state index contributed by atoms with van der Waals surface area (Å²) in [5.41, 5.74) is 2.83. The van der Waals surface area contributed by atoms with E-state index in [4.69, 9.17) is 4.74 Å². The van der Waals surface area contributed by atoms with E-state index in [0.29, 0.717) is 18.8 Å². The number of hydrogen-bond donors (Lipinski definition) is 1. The molecule has 0 spiro atoms. The fourth-order valence-corrected chi connectivity index (χ4v) is 6.30. The number of carbonyl (C=O) groups is 2. The van der Waals surface area contributed by atoms with Crippen LogP contribution in [0.1, 0.15) is 22.0 Å². The standard InChI is InChI=1S/C26H25N3O3S2/c1-28-20-11-5-4-10-19(20)23-24(25(31)27-14-17-8-3-6-12-21(17)32-2)29(15-18-9-7-13-33-18)22(30)16-34-26(23)28/h3-13,24H,14-16H2,1-2H3,(H,27,31)/t24-/m1/s1. The van der Waals surface area contributed by atoms with E-state index in [1.54, 1.807) is 23.3 Å². The van der Waals surface area contributed by atoms with Gasteiger partial charge in [-0.3, -0.25) is 9.59 Å². The number of aryl methyl sites for hydroxylation is 1. The Morgan fingerprint density at radius 3 is 2.71 bits per heavy atom. The number of nitrogens with one attached hydrogen (secondary N) is 1. The Hall–Kier alpha value is -3.23. The van der Waals surface area contributed by atoms with E-state index in [1.165, 1.54) is 11.8 Å². The van der Waals surface area contributed by atoms with Crippen LogP contribution in [0.4, 0.5) is 0 Å². The second kappa shape index (κ2) is 9.56. The molecule has 0 radical (unpaired) electrons. The van der Waals surface area contributed by atoms with E-state index in [2.05, 4.69) is 16.0 Å². The van der Waals surface area contributed by atoms with Crippen LogP contribution < -0.4 is 10.1 Å². The Balaban J connectivity index is 1.58.